The van der Waals surface area contributed by atoms with E-state index in [9.17, 15) is 14.7 Å². The van der Waals surface area contributed by atoms with Gasteiger partial charge in [-0.25, -0.2) is 4.79 Å². The maximum atomic E-state index is 14.1. The molecule has 7 nitrogen and oxygen atoms in total. The maximum absolute atomic E-state index is 14.1. The number of hydrogen-bond acceptors (Lipinski definition) is 5. The predicted octanol–water partition coefficient (Wildman–Crippen LogP) is 5.60. The van der Waals surface area contributed by atoms with Gasteiger partial charge in [-0.05, 0) is 96.3 Å². The van der Waals surface area contributed by atoms with Gasteiger partial charge in [-0.2, -0.15) is 0 Å². The van der Waals surface area contributed by atoms with Crippen molar-refractivity contribution in [3.8, 4) is 5.75 Å². The molecule has 0 spiro atoms. The molecule has 1 heterocycles. The van der Waals surface area contributed by atoms with Gasteiger partial charge in [0.2, 0.25) is 5.91 Å². The molecule has 0 radical (unpaired) electrons. The Labute approximate surface area is 243 Å². The SMILES string of the molecule is CC(C)(C)OC(=O)N[C@@H](Cc1cccc(O)c1)C(=O)N1Cc2ccccc2C[C@H]1COCc1cccc(I)c1. The average Bonchev–Trinajstić information content (AvgIpc) is 2.86. The van der Waals surface area contributed by atoms with Gasteiger partial charge in [0, 0.05) is 16.5 Å². The van der Waals surface area contributed by atoms with Crippen LogP contribution in [-0.2, 0) is 40.3 Å². The van der Waals surface area contributed by atoms with Gasteiger partial charge in [0.15, 0.2) is 0 Å². The lowest BCUT2D eigenvalue weighted by atomic mass is 9.93. The van der Waals surface area contributed by atoms with Crippen LogP contribution in [0.25, 0.3) is 0 Å². The minimum absolute atomic E-state index is 0.102. The second-order valence-corrected chi connectivity index (χ2v) is 12.1. The van der Waals surface area contributed by atoms with Crippen molar-refractivity contribution in [2.24, 2.45) is 0 Å². The minimum Gasteiger partial charge on any atom is -0.508 e. The second-order valence-electron chi connectivity index (χ2n) is 10.8. The topological polar surface area (TPSA) is 88.1 Å². The molecule has 0 bridgehead atoms. The van der Waals surface area contributed by atoms with E-state index < -0.39 is 17.7 Å². The van der Waals surface area contributed by atoms with Crippen molar-refractivity contribution in [3.63, 3.8) is 0 Å². The number of carbonyl (C=O) groups is 2. The van der Waals surface area contributed by atoms with Crippen LogP contribution in [0.5, 0.6) is 5.75 Å². The number of amides is 2. The van der Waals surface area contributed by atoms with E-state index in [4.69, 9.17) is 9.47 Å². The summed E-state index contributed by atoms with van der Waals surface area (Å²) in [6.07, 6.45) is 0.199. The third-order valence-electron chi connectivity index (χ3n) is 6.45. The van der Waals surface area contributed by atoms with Gasteiger partial charge in [0.1, 0.15) is 17.4 Å². The second kappa shape index (κ2) is 12.8. The van der Waals surface area contributed by atoms with Gasteiger partial charge in [0.05, 0.1) is 19.3 Å². The standard InChI is InChI=1S/C31H35IN2O5/c1-31(2,3)39-30(37)33-28(16-21-8-7-13-27(35)15-21)29(36)34-18-24-11-5-4-10-23(24)17-26(34)20-38-19-22-9-6-12-25(32)14-22/h4-15,26,28,35H,16-20H2,1-3H3,(H,33,37)/t26-,28-/m0/s1. The number of rotatable bonds is 8. The Balaban J connectivity index is 1.56. The zero-order valence-electron chi connectivity index (χ0n) is 22.5. The number of fused-ring (bicyclic) bond motifs is 1. The number of carbonyl (C=O) groups excluding carboxylic acids is 2. The number of benzene rings is 3. The Morgan fingerprint density at radius 1 is 1.03 bits per heavy atom. The first-order valence-corrected chi connectivity index (χ1v) is 14.1. The first-order valence-electron chi connectivity index (χ1n) is 13.0. The van der Waals surface area contributed by atoms with E-state index in [0.717, 1.165) is 20.3 Å². The Morgan fingerprint density at radius 3 is 2.46 bits per heavy atom. The van der Waals surface area contributed by atoms with Crippen LogP contribution in [0.1, 0.15) is 43.0 Å². The molecule has 39 heavy (non-hydrogen) atoms. The Hall–Kier alpha value is -3.11. The van der Waals surface area contributed by atoms with Crippen LogP contribution < -0.4 is 5.32 Å². The van der Waals surface area contributed by atoms with Crippen molar-refractivity contribution < 1.29 is 24.2 Å². The summed E-state index contributed by atoms with van der Waals surface area (Å²) in [6, 6.07) is 21.9. The molecular weight excluding hydrogens is 607 g/mol. The van der Waals surface area contributed by atoms with E-state index >= 15 is 0 Å². The van der Waals surface area contributed by atoms with Gasteiger partial charge in [-0.1, -0.05) is 48.5 Å². The average molecular weight is 643 g/mol. The monoisotopic (exact) mass is 642 g/mol. The highest BCUT2D eigenvalue weighted by Crippen LogP contribution is 2.26. The van der Waals surface area contributed by atoms with Gasteiger partial charge in [0.25, 0.3) is 0 Å². The summed E-state index contributed by atoms with van der Waals surface area (Å²) in [4.78, 5) is 28.7. The summed E-state index contributed by atoms with van der Waals surface area (Å²) >= 11 is 2.28. The molecule has 0 aromatic heterocycles. The normalized spacial score (nSPS) is 15.8. The molecule has 0 fully saturated rings. The molecule has 4 rings (SSSR count). The number of aromatic hydroxyl groups is 1. The number of phenols is 1. The van der Waals surface area contributed by atoms with Crippen LogP contribution in [0.4, 0.5) is 4.79 Å². The summed E-state index contributed by atoms with van der Waals surface area (Å²) in [7, 11) is 0. The molecule has 8 heteroatoms. The molecule has 3 aromatic carbocycles. The molecule has 1 aliphatic rings. The highest BCUT2D eigenvalue weighted by molar-refractivity contribution is 14.1. The minimum atomic E-state index is -0.884. The van der Waals surface area contributed by atoms with Crippen molar-refractivity contribution in [3.05, 3.63) is 98.6 Å². The van der Waals surface area contributed by atoms with Crippen molar-refractivity contribution >= 4 is 34.6 Å². The van der Waals surface area contributed by atoms with Crippen molar-refractivity contribution in [2.45, 2.75) is 64.4 Å². The van der Waals surface area contributed by atoms with Crippen molar-refractivity contribution in [2.75, 3.05) is 6.61 Å². The third kappa shape index (κ3) is 8.44. The number of nitrogens with one attached hydrogen (secondary N) is 1. The largest absolute Gasteiger partial charge is 0.508 e. The van der Waals surface area contributed by atoms with Crippen LogP contribution in [-0.4, -0.2) is 46.3 Å². The number of nitrogens with zero attached hydrogens (tertiary/aromatic N) is 1. The molecule has 0 saturated carbocycles. The Bertz CT molecular complexity index is 1310. The smallest absolute Gasteiger partial charge is 0.408 e. The quantitative estimate of drug-likeness (QED) is 0.313. The van der Waals surface area contributed by atoms with E-state index in [2.05, 4.69) is 40.0 Å². The number of halogens is 1. The molecule has 2 atom stereocenters. The zero-order valence-corrected chi connectivity index (χ0v) is 24.7. The highest BCUT2D eigenvalue weighted by Gasteiger charge is 2.35. The number of hydrogen-bond donors (Lipinski definition) is 2. The molecule has 3 aromatic rings. The molecular formula is C31H35IN2O5. The first kappa shape index (κ1) is 28.9. The van der Waals surface area contributed by atoms with E-state index in [1.807, 2.05) is 47.4 Å². The lowest BCUT2D eigenvalue weighted by Gasteiger charge is -2.39. The van der Waals surface area contributed by atoms with Crippen LogP contribution in [0.3, 0.4) is 0 Å². The molecule has 0 saturated heterocycles. The van der Waals surface area contributed by atoms with Gasteiger partial charge in [-0.3, -0.25) is 4.79 Å². The van der Waals surface area contributed by atoms with Crippen LogP contribution in [0.15, 0.2) is 72.8 Å². The Kier molecular flexibility index (Phi) is 9.50. The summed E-state index contributed by atoms with van der Waals surface area (Å²) in [6.45, 7) is 6.56. The summed E-state index contributed by atoms with van der Waals surface area (Å²) in [5.74, 6) is -0.119. The van der Waals surface area contributed by atoms with Gasteiger partial charge >= 0.3 is 6.09 Å². The van der Waals surface area contributed by atoms with Crippen LogP contribution in [0.2, 0.25) is 0 Å². The predicted molar refractivity (Wildman–Crippen MR) is 158 cm³/mol. The third-order valence-corrected chi connectivity index (χ3v) is 7.12. The summed E-state index contributed by atoms with van der Waals surface area (Å²) in [5, 5.41) is 12.8. The van der Waals surface area contributed by atoms with Crippen LogP contribution in [0, 0.1) is 3.57 Å². The molecule has 0 unspecified atom stereocenters. The number of ether oxygens (including phenoxy) is 2. The fourth-order valence-corrected chi connectivity index (χ4v) is 5.31. The summed E-state index contributed by atoms with van der Waals surface area (Å²) < 4.78 is 12.7. The van der Waals surface area contributed by atoms with E-state index in [1.165, 1.54) is 5.56 Å². The lowest BCUT2D eigenvalue weighted by Crippen LogP contribution is -2.55. The molecule has 2 amide bonds. The number of alkyl carbamates (subject to hydrolysis) is 1. The maximum Gasteiger partial charge on any atom is 0.408 e. The van der Waals surface area contributed by atoms with E-state index in [-0.39, 0.29) is 24.1 Å². The van der Waals surface area contributed by atoms with Gasteiger partial charge in [-0.15, -0.1) is 0 Å². The van der Waals surface area contributed by atoms with Crippen molar-refractivity contribution in [1.29, 1.82) is 0 Å². The molecule has 0 aliphatic carbocycles. The fraction of sp³-hybridized carbons (Fsp3) is 0.355. The van der Waals surface area contributed by atoms with E-state index in [1.54, 1.807) is 39.0 Å². The first-order chi connectivity index (χ1) is 18.6. The van der Waals surface area contributed by atoms with Crippen LogP contribution >= 0.6 is 22.6 Å². The molecule has 1 aliphatic heterocycles. The van der Waals surface area contributed by atoms with Crippen molar-refractivity contribution in [1.82, 2.24) is 10.2 Å². The molecule has 2 N–H and O–H groups in total. The van der Waals surface area contributed by atoms with Gasteiger partial charge < -0.3 is 24.8 Å². The number of phenolic OH excluding ortho intramolecular Hbond substituents is 1. The lowest BCUT2D eigenvalue weighted by molar-refractivity contribution is -0.138. The highest BCUT2D eigenvalue weighted by atomic mass is 127. The zero-order chi connectivity index (χ0) is 28.0. The summed E-state index contributed by atoms with van der Waals surface area (Å²) in [5.41, 5.74) is 3.36. The Morgan fingerprint density at radius 2 is 1.74 bits per heavy atom. The van der Waals surface area contributed by atoms with E-state index in [0.29, 0.717) is 26.2 Å². The molecule has 206 valence electrons. The fourth-order valence-electron chi connectivity index (χ4n) is 4.70.